The number of rotatable bonds is 10. The Morgan fingerprint density at radius 3 is 2.15 bits per heavy atom. The van der Waals surface area contributed by atoms with Crippen LogP contribution >= 0.6 is 0 Å². The summed E-state index contributed by atoms with van der Waals surface area (Å²) in [5, 5.41) is 5.09. The molecule has 3 aliphatic carbocycles. The van der Waals surface area contributed by atoms with E-state index in [2.05, 4.69) is 10.6 Å². The first-order valence-electron chi connectivity index (χ1n) is 14.5. The molecule has 0 aromatic carbocycles. The number of ether oxygens (including phenoxy) is 1. The lowest BCUT2D eigenvalue weighted by Crippen LogP contribution is -2.60. The monoisotopic (exact) mass is 586 g/mol. The number of carbonyl (C=O) groups is 5. The topological polar surface area (TPSA) is 148 Å². The minimum atomic E-state index is -4.82. The highest BCUT2D eigenvalue weighted by Crippen LogP contribution is 2.65. The van der Waals surface area contributed by atoms with Crippen LogP contribution in [0.25, 0.3) is 0 Å². The van der Waals surface area contributed by atoms with Crippen LogP contribution in [-0.4, -0.2) is 70.9 Å². The molecule has 0 spiro atoms. The van der Waals surface area contributed by atoms with Crippen LogP contribution < -0.4 is 16.4 Å². The number of nitrogens with two attached hydrogens (primary N) is 1. The number of hydrogen-bond donors (Lipinski definition) is 3. The van der Waals surface area contributed by atoms with E-state index in [9.17, 15) is 37.1 Å². The van der Waals surface area contributed by atoms with Crippen LogP contribution in [-0.2, 0) is 23.9 Å². The van der Waals surface area contributed by atoms with E-state index >= 15 is 0 Å². The molecule has 41 heavy (non-hydrogen) atoms. The summed E-state index contributed by atoms with van der Waals surface area (Å²) in [6.07, 6.45) is -0.472. The summed E-state index contributed by atoms with van der Waals surface area (Å²) in [6.45, 7) is 5.64. The summed E-state index contributed by atoms with van der Waals surface area (Å²) in [5.41, 5.74) is 2.19. The lowest BCUT2D eigenvalue weighted by molar-refractivity contribution is -0.244. The summed E-state index contributed by atoms with van der Waals surface area (Å²) in [7, 11) is 0. The summed E-state index contributed by atoms with van der Waals surface area (Å²) >= 11 is 0. The maximum absolute atomic E-state index is 14.1. The zero-order chi connectivity index (χ0) is 30.5. The van der Waals surface area contributed by atoms with Crippen LogP contribution in [0.5, 0.6) is 0 Å². The van der Waals surface area contributed by atoms with Gasteiger partial charge < -0.3 is 26.0 Å². The molecule has 5 unspecified atom stereocenters. The fourth-order valence-electron chi connectivity index (χ4n) is 6.63. The minimum absolute atomic E-state index is 0.0148. The summed E-state index contributed by atoms with van der Waals surface area (Å²) < 4.78 is 44.8. The lowest BCUT2D eigenvalue weighted by atomic mass is 9.83. The summed E-state index contributed by atoms with van der Waals surface area (Å²) in [4.78, 5) is 66.0. The highest BCUT2D eigenvalue weighted by Gasteiger charge is 2.70. The van der Waals surface area contributed by atoms with Gasteiger partial charge in [-0.05, 0) is 62.2 Å². The zero-order valence-corrected chi connectivity index (χ0v) is 24.0. The standard InChI is InChI=1S/C28H41F3N4O6/c1-26(2)16-13-35(20(18(16)26)23(38)33-17(12-14-10-11-14)21(36)22(32)37)24(39)19(15-8-6-5-7-9-15)34-25(40)41-27(3,4)28(29,30)31/h14-20H,5-13H2,1-4H3,(H2,32,37)(H,33,38)(H,34,40). The Labute approximate surface area is 237 Å². The van der Waals surface area contributed by atoms with Gasteiger partial charge in [0.25, 0.3) is 5.91 Å². The number of Topliss-reactive ketones (excluding diaryl/α,β-unsaturated/α-hetero) is 1. The average Bonchev–Trinajstić information content (AvgIpc) is 3.73. The number of nitrogens with one attached hydrogen (secondary N) is 2. The first-order chi connectivity index (χ1) is 19.0. The molecule has 1 heterocycles. The molecule has 1 saturated heterocycles. The molecule has 4 amide bonds. The van der Waals surface area contributed by atoms with Crippen molar-refractivity contribution in [2.24, 2.45) is 34.8 Å². The van der Waals surface area contributed by atoms with Gasteiger partial charge in [0.1, 0.15) is 12.1 Å². The van der Waals surface area contributed by atoms with E-state index in [1.54, 1.807) is 0 Å². The van der Waals surface area contributed by atoms with Gasteiger partial charge in [0, 0.05) is 6.54 Å². The van der Waals surface area contributed by atoms with Crippen LogP contribution in [0.2, 0.25) is 0 Å². The number of hydrogen-bond acceptors (Lipinski definition) is 6. The Bertz CT molecular complexity index is 1080. The molecule has 4 rings (SSSR count). The second-order valence-corrected chi connectivity index (χ2v) is 13.3. The molecule has 10 nitrogen and oxygen atoms in total. The Balaban J connectivity index is 1.56. The molecule has 0 radical (unpaired) electrons. The molecule has 3 saturated carbocycles. The third kappa shape index (κ3) is 6.48. The van der Waals surface area contributed by atoms with Gasteiger partial charge in [-0.15, -0.1) is 0 Å². The molecule has 4 fully saturated rings. The van der Waals surface area contributed by atoms with Gasteiger partial charge in [-0.1, -0.05) is 46.0 Å². The van der Waals surface area contributed by atoms with E-state index in [1.807, 2.05) is 13.8 Å². The molecule has 0 aromatic heterocycles. The van der Waals surface area contributed by atoms with Crippen molar-refractivity contribution >= 4 is 29.6 Å². The van der Waals surface area contributed by atoms with Gasteiger partial charge in [-0.3, -0.25) is 19.2 Å². The van der Waals surface area contributed by atoms with Crippen molar-refractivity contribution in [1.29, 1.82) is 0 Å². The largest absolute Gasteiger partial charge is 0.434 e. The van der Waals surface area contributed by atoms with Gasteiger partial charge in [0.15, 0.2) is 0 Å². The molecule has 0 aromatic rings. The van der Waals surface area contributed by atoms with Crippen molar-refractivity contribution in [3.05, 3.63) is 0 Å². The van der Waals surface area contributed by atoms with Gasteiger partial charge >= 0.3 is 12.3 Å². The maximum Gasteiger partial charge on any atom is 0.427 e. The van der Waals surface area contributed by atoms with E-state index in [0.29, 0.717) is 12.8 Å². The van der Waals surface area contributed by atoms with Crippen LogP contribution in [0.4, 0.5) is 18.0 Å². The van der Waals surface area contributed by atoms with Crippen molar-refractivity contribution in [2.45, 2.75) is 109 Å². The Hall–Kier alpha value is -2.86. The number of carbonyl (C=O) groups excluding carboxylic acids is 5. The highest BCUT2D eigenvalue weighted by molar-refractivity contribution is 6.37. The van der Waals surface area contributed by atoms with E-state index < -0.39 is 59.5 Å². The predicted molar refractivity (Wildman–Crippen MR) is 140 cm³/mol. The van der Waals surface area contributed by atoms with Crippen LogP contribution in [0, 0.1) is 29.1 Å². The average molecular weight is 587 g/mol. The number of nitrogens with zero attached hydrogens (tertiary/aromatic N) is 1. The second-order valence-electron chi connectivity index (χ2n) is 13.3. The number of ketones is 1. The molecule has 0 bridgehead atoms. The molecular weight excluding hydrogens is 545 g/mol. The number of halogens is 3. The first kappa shape index (κ1) is 31.1. The molecule has 4 aliphatic rings. The van der Waals surface area contributed by atoms with Gasteiger partial charge in [0.05, 0.1) is 6.04 Å². The SMILES string of the molecule is CC1(C)C2CN(C(=O)C(NC(=O)OC(C)(C)C(F)(F)F)C3CCCCC3)C(C(=O)NC(CC3CC3)C(=O)C(N)=O)C21. The number of amides is 4. The van der Waals surface area contributed by atoms with Gasteiger partial charge in [-0.25, -0.2) is 4.79 Å². The minimum Gasteiger partial charge on any atom is -0.434 e. The number of fused-ring (bicyclic) bond motifs is 1. The lowest BCUT2D eigenvalue weighted by Gasteiger charge is -2.37. The quantitative estimate of drug-likeness (QED) is 0.336. The number of primary amides is 1. The Kier molecular flexibility index (Phi) is 8.41. The fourth-order valence-corrected chi connectivity index (χ4v) is 6.63. The van der Waals surface area contributed by atoms with E-state index in [1.165, 1.54) is 4.90 Å². The first-order valence-corrected chi connectivity index (χ1v) is 14.5. The van der Waals surface area contributed by atoms with Crippen molar-refractivity contribution in [3.8, 4) is 0 Å². The molecule has 1 aliphatic heterocycles. The third-order valence-electron chi connectivity index (χ3n) is 9.59. The summed E-state index contributed by atoms with van der Waals surface area (Å²) in [6, 6.07) is -3.25. The molecule has 230 valence electrons. The number of likely N-dealkylation sites (tertiary alicyclic amines) is 1. The van der Waals surface area contributed by atoms with E-state index in [4.69, 9.17) is 10.5 Å². The van der Waals surface area contributed by atoms with E-state index in [-0.39, 0.29) is 42.1 Å². The zero-order valence-electron chi connectivity index (χ0n) is 24.0. The van der Waals surface area contributed by atoms with Crippen LogP contribution in [0.1, 0.15) is 79.1 Å². The molecule has 4 N–H and O–H groups in total. The van der Waals surface area contributed by atoms with E-state index in [0.717, 1.165) is 46.0 Å². The normalized spacial score (nSPS) is 27.3. The molecule has 5 atom stereocenters. The molecule has 13 heteroatoms. The number of alkyl halides is 3. The summed E-state index contributed by atoms with van der Waals surface area (Å²) in [5.74, 6) is -3.58. The predicted octanol–water partition coefficient (Wildman–Crippen LogP) is 2.82. The fraction of sp³-hybridized carbons (Fsp3) is 0.821. The highest BCUT2D eigenvalue weighted by atomic mass is 19.4. The van der Waals surface area contributed by atoms with Crippen molar-refractivity contribution in [1.82, 2.24) is 15.5 Å². The third-order valence-corrected chi connectivity index (χ3v) is 9.59. The van der Waals surface area contributed by atoms with Gasteiger partial charge in [-0.2, -0.15) is 13.2 Å². The second kappa shape index (κ2) is 11.1. The smallest absolute Gasteiger partial charge is 0.427 e. The van der Waals surface area contributed by atoms with Crippen LogP contribution in [0.15, 0.2) is 0 Å². The number of alkyl carbamates (subject to hydrolysis) is 1. The van der Waals surface area contributed by atoms with Crippen LogP contribution in [0.3, 0.4) is 0 Å². The van der Waals surface area contributed by atoms with Crippen molar-refractivity contribution < 1.29 is 41.9 Å². The Morgan fingerprint density at radius 1 is 1.00 bits per heavy atom. The van der Waals surface area contributed by atoms with Crippen molar-refractivity contribution in [3.63, 3.8) is 0 Å². The number of piperidine rings is 1. The molecular formula is C28H41F3N4O6. The van der Waals surface area contributed by atoms with Gasteiger partial charge in [0.2, 0.25) is 23.2 Å². The maximum atomic E-state index is 14.1. The Morgan fingerprint density at radius 2 is 1.61 bits per heavy atom. The van der Waals surface area contributed by atoms with Crippen molar-refractivity contribution in [2.75, 3.05) is 6.54 Å².